The van der Waals surface area contributed by atoms with Gasteiger partial charge >= 0.3 is 0 Å². The second kappa shape index (κ2) is 9.82. The number of allylic oxidation sites excluding steroid dienone is 1. The van der Waals surface area contributed by atoms with E-state index in [-0.39, 0.29) is 11.8 Å². The zero-order chi connectivity index (χ0) is 20.6. The van der Waals surface area contributed by atoms with Gasteiger partial charge < -0.3 is 15.8 Å². The quantitative estimate of drug-likeness (QED) is 0.493. The molecule has 0 bridgehead atoms. The van der Waals surface area contributed by atoms with E-state index in [4.69, 9.17) is 10.5 Å². The number of carbonyl (C=O) groups excluding carboxylic acids is 1. The average Bonchev–Trinajstić information content (AvgIpc) is 3.22. The van der Waals surface area contributed by atoms with Crippen molar-refractivity contribution < 1.29 is 23.3 Å². The Bertz CT molecular complexity index is 902. The molecule has 2 aromatic rings. The molecule has 0 spiro atoms. The van der Waals surface area contributed by atoms with Gasteiger partial charge in [0.2, 0.25) is 0 Å². The number of hydrogen-bond acceptors (Lipinski definition) is 3. The zero-order valence-corrected chi connectivity index (χ0v) is 16.0. The summed E-state index contributed by atoms with van der Waals surface area (Å²) in [6, 6.07) is 11.1. The molecule has 29 heavy (non-hydrogen) atoms. The largest absolute Gasteiger partial charge is 0.490 e. The molecule has 1 saturated carbocycles. The number of halogens is 2. The fourth-order valence-electron chi connectivity index (χ4n) is 3.15. The Morgan fingerprint density at radius 3 is 2.55 bits per heavy atom. The third-order valence-electron chi connectivity index (χ3n) is 4.71. The van der Waals surface area contributed by atoms with E-state index in [0.29, 0.717) is 6.54 Å². The number of nitrogens with two attached hydrogens (primary N) is 1. The van der Waals surface area contributed by atoms with Gasteiger partial charge in [0.05, 0.1) is 11.7 Å². The number of nitrogens with one attached hydrogen (secondary N) is 2. The van der Waals surface area contributed by atoms with Crippen LogP contribution in [0.4, 0.5) is 14.5 Å². The van der Waals surface area contributed by atoms with E-state index in [1.165, 1.54) is 31.2 Å². The second-order valence-electron chi connectivity index (χ2n) is 6.85. The summed E-state index contributed by atoms with van der Waals surface area (Å²) in [5.74, 6) is -1.69. The molecule has 1 aliphatic carbocycles. The number of anilines is 1. The fraction of sp³-hybridized carbons (Fsp3) is 0.273. The van der Waals surface area contributed by atoms with Gasteiger partial charge in [0, 0.05) is 6.08 Å². The highest BCUT2D eigenvalue weighted by atomic mass is 19.1. The average molecular weight is 400 g/mol. The summed E-state index contributed by atoms with van der Waals surface area (Å²) in [5.41, 5.74) is 5.97. The molecule has 0 aromatic heterocycles. The third-order valence-corrected chi connectivity index (χ3v) is 4.71. The van der Waals surface area contributed by atoms with Gasteiger partial charge in [0.15, 0.2) is 12.8 Å². The van der Waals surface area contributed by atoms with Crippen molar-refractivity contribution in [3.8, 4) is 5.75 Å². The van der Waals surface area contributed by atoms with Gasteiger partial charge in [-0.3, -0.25) is 4.79 Å². The molecule has 7 heteroatoms. The van der Waals surface area contributed by atoms with Crippen LogP contribution in [0.25, 0.3) is 0 Å². The van der Waals surface area contributed by atoms with E-state index < -0.39 is 23.2 Å². The lowest BCUT2D eigenvalue weighted by Crippen LogP contribution is -2.66. The van der Waals surface area contributed by atoms with Crippen LogP contribution in [0.15, 0.2) is 54.2 Å². The Labute approximate surface area is 168 Å². The van der Waals surface area contributed by atoms with Gasteiger partial charge in [-0.2, -0.15) is 0 Å². The van der Waals surface area contributed by atoms with Crippen LogP contribution in [0.1, 0.15) is 31.2 Å². The Hall–Kier alpha value is -3.22. The molecule has 0 aliphatic heterocycles. The SMILES string of the molecule is NC(=CC=[NH+]Cc1ccccc1OC1CCCC1)C(=O)Nc1c(F)cccc1F. The minimum atomic E-state index is -0.868. The zero-order valence-electron chi connectivity index (χ0n) is 16.0. The smallest absolute Gasteiger partial charge is 0.271 e. The molecule has 0 atom stereocenters. The molecule has 5 nitrogen and oxygen atoms in total. The summed E-state index contributed by atoms with van der Waals surface area (Å²) < 4.78 is 33.3. The second-order valence-corrected chi connectivity index (χ2v) is 6.85. The number of ether oxygens (including phenoxy) is 1. The predicted octanol–water partition coefficient (Wildman–Crippen LogP) is 2.42. The van der Waals surface area contributed by atoms with Crippen molar-refractivity contribution in [2.75, 3.05) is 5.32 Å². The van der Waals surface area contributed by atoms with Crippen LogP contribution in [0.2, 0.25) is 0 Å². The third kappa shape index (κ3) is 5.63. The van der Waals surface area contributed by atoms with E-state index in [1.54, 1.807) is 0 Å². The molecule has 2 aromatic carbocycles. The summed E-state index contributed by atoms with van der Waals surface area (Å²) in [6.07, 6.45) is 7.66. The van der Waals surface area contributed by atoms with Gasteiger partial charge in [-0.1, -0.05) is 18.2 Å². The maximum Gasteiger partial charge on any atom is 0.271 e. The molecule has 3 rings (SSSR count). The van der Waals surface area contributed by atoms with Crippen molar-refractivity contribution in [1.82, 2.24) is 0 Å². The van der Waals surface area contributed by atoms with Gasteiger partial charge in [-0.25, -0.2) is 13.8 Å². The normalized spacial score (nSPS) is 15.0. The van der Waals surface area contributed by atoms with Crippen molar-refractivity contribution >= 4 is 17.8 Å². The number of hydrogen-bond donors (Lipinski definition) is 3. The highest BCUT2D eigenvalue weighted by Crippen LogP contribution is 2.26. The number of benzene rings is 2. The van der Waals surface area contributed by atoms with Crippen molar-refractivity contribution in [1.29, 1.82) is 0 Å². The first kappa shape index (κ1) is 20.5. The molecular formula is C22H24F2N3O2+. The Balaban J connectivity index is 1.59. The summed E-state index contributed by atoms with van der Waals surface area (Å²) >= 11 is 0. The highest BCUT2D eigenvalue weighted by molar-refractivity contribution is 6.04. The Kier molecular flexibility index (Phi) is 6.94. The van der Waals surface area contributed by atoms with Crippen LogP contribution in [0, 0.1) is 11.6 Å². The molecular weight excluding hydrogens is 376 g/mol. The van der Waals surface area contributed by atoms with Crippen LogP contribution >= 0.6 is 0 Å². The number of rotatable bonds is 7. The monoisotopic (exact) mass is 400 g/mol. The molecule has 0 saturated heterocycles. The van der Waals surface area contributed by atoms with Crippen LogP contribution in [0.3, 0.4) is 0 Å². The molecule has 4 N–H and O–H groups in total. The molecule has 1 amide bonds. The van der Waals surface area contributed by atoms with Crippen LogP contribution in [0.5, 0.6) is 5.75 Å². The van der Waals surface area contributed by atoms with Crippen LogP contribution < -0.4 is 20.8 Å². The molecule has 1 aliphatic rings. The van der Waals surface area contributed by atoms with Crippen molar-refractivity contribution in [3.63, 3.8) is 0 Å². The Morgan fingerprint density at radius 2 is 1.83 bits per heavy atom. The standard InChI is InChI=1S/C22H23F2N3O2/c23-17-9-5-10-18(24)21(17)27-22(28)19(25)12-13-26-14-15-6-1-4-11-20(15)29-16-7-2-3-8-16/h1,4-6,9-13,16H,2-3,7-8,14,25H2,(H,27,28)/p+1. The lowest BCUT2D eigenvalue weighted by Gasteiger charge is -2.14. The highest BCUT2D eigenvalue weighted by Gasteiger charge is 2.18. The topological polar surface area (TPSA) is 78.3 Å². The number of amides is 1. The lowest BCUT2D eigenvalue weighted by molar-refractivity contribution is -0.469. The van der Waals surface area contributed by atoms with E-state index in [0.717, 1.165) is 36.3 Å². The van der Waals surface area contributed by atoms with Gasteiger partial charge in [0.1, 0.15) is 28.8 Å². The summed E-state index contributed by atoms with van der Waals surface area (Å²) in [6.45, 7) is 0.482. The van der Waals surface area contributed by atoms with Crippen molar-refractivity contribution in [2.24, 2.45) is 5.73 Å². The summed E-state index contributed by atoms with van der Waals surface area (Å²) in [7, 11) is 0. The molecule has 152 valence electrons. The van der Waals surface area contributed by atoms with Crippen molar-refractivity contribution in [2.45, 2.75) is 38.3 Å². The van der Waals surface area contributed by atoms with Crippen LogP contribution in [-0.4, -0.2) is 18.2 Å². The molecule has 0 radical (unpaired) electrons. The minimum Gasteiger partial charge on any atom is -0.490 e. The van der Waals surface area contributed by atoms with E-state index in [9.17, 15) is 13.6 Å². The Morgan fingerprint density at radius 1 is 1.14 bits per heavy atom. The minimum absolute atomic E-state index is 0.185. The number of carbonyl (C=O) groups is 1. The first-order chi connectivity index (χ1) is 14.0. The van der Waals surface area contributed by atoms with Crippen LogP contribution in [-0.2, 0) is 11.3 Å². The van der Waals surface area contributed by atoms with Gasteiger partial charge in [-0.05, 0) is 49.9 Å². The first-order valence-electron chi connectivity index (χ1n) is 9.57. The lowest BCUT2D eigenvalue weighted by atomic mass is 10.2. The van der Waals surface area contributed by atoms with E-state index in [1.807, 2.05) is 24.3 Å². The fourth-order valence-corrected chi connectivity index (χ4v) is 3.15. The molecule has 0 heterocycles. The van der Waals surface area contributed by atoms with Gasteiger partial charge in [0.25, 0.3) is 5.91 Å². The molecule has 0 unspecified atom stereocenters. The van der Waals surface area contributed by atoms with E-state index in [2.05, 4.69) is 10.3 Å². The summed E-state index contributed by atoms with van der Waals surface area (Å²) in [5, 5.41) is 2.14. The van der Waals surface area contributed by atoms with Crippen molar-refractivity contribution in [3.05, 3.63) is 71.4 Å². The number of para-hydroxylation sites is 2. The predicted molar refractivity (Wildman–Crippen MR) is 107 cm³/mol. The summed E-state index contributed by atoms with van der Waals surface area (Å²) in [4.78, 5) is 15.1. The molecule has 1 fully saturated rings. The van der Waals surface area contributed by atoms with Gasteiger partial charge in [-0.15, -0.1) is 0 Å². The first-order valence-corrected chi connectivity index (χ1v) is 9.57. The maximum absolute atomic E-state index is 13.6. The maximum atomic E-state index is 13.6. The van der Waals surface area contributed by atoms with E-state index >= 15 is 0 Å².